The zero-order chi connectivity index (χ0) is 26.0. The van der Waals surface area contributed by atoms with Crippen molar-refractivity contribution in [1.29, 1.82) is 0 Å². The van der Waals surface area contributed by atoms with Crippen molar-refractivity contribution in [3.8, 4) is 34.5 Å². The number of rotatable bonds is 5. The van der Waals surface area contributed by atoms with Gasteiger partial charge in [-0.25, -0.2) is 14.4 Å². The van der Waals surface area contributed by atoms with E-state index in [1.54, 1.807) is 0 Å². The highest BCUT2D eigenvalue weighted by atomic mass is 16.6. The van der Waals surface area contributed by atoms with E-state index >= 15 is 0 Å². The van der Waals surface area contributed by atoms with Gasteiger partial charge in [0.2, 0.25) is 0 Å². The second-order valence-electron chi connectivity index (χ2n) is 7.42. The van der Waals surface area contributed by atoms with Crippen LogP contribution >= 0.6 is 0 Å². The van der Waals surface area contributed by atoms with Crippen LogP contribution in [0.15, 0.2) is 35.9 Å². The first-order valence-corrected chi connectivity index (χ1v) is 9.81. The van der Waals surface area contributed by atoms with Crippen LogP contribution < -0.4 is 0 Å². The largest absolute Gasteiger partial charge is 0.504 e. The second-order valence-corrected chi connectivity index (χ2v) is 7.42. The van der Waals surface area contributed by atoms with Crippen LogP contribution in [0.25, 0.3) is 0 Å². The maximum absolute atomic E-state index is 12.5. The number of methoxy groups -OCH3 is 1. The average Bonchev–Trinajstić information content (AvgIpc) is 2.81. The second kappa shape index (κ2) is 9.69. The van der Waals surface area contributed by atoms with Crippen molar-refractivity contribution in [2.75, 3.05) is 7.11 Å². The van der Waals surface area contributed by atoms with Crippen LogP contribution in [0.3, 0.4) is 0 Å². The van der Waals surface area contributed by atoms with Crippen molar-refractivity contribution in [3.63, 3.8) is 0 Å². The van der Waals surface area contributed by atoms with E-state index in [9.17, 15) is 50.1 Å². The smallest absolute Gasteiger partial charge is 0.339 e. The van der Waals surface area contributed by atoms with Gasteiger partial charge in [-0.2, -0.15) is 0 Å². The van der Waals surface area contributed by atoms with Crippen LogP contribution in [0.2, 0.25) is 0 Å². The molecule has 0 aromatic heterocycles. The van der Waals surface area contributed by atoms with E-state index in [0.717, 1.165) is 37.5 Å². The standard InChI is InChI=1S/C22H20O13/c1-33-20(30)10-6-15(34-21(31)8-2-11(23)17(27)12(24)3-8)19(29)16(7-10)35-22(32)9-4-13(25)18(28)14(26)5-9/h2-6,15-16,19,23-29H,7H2,1H3. The number of carbonyl (C=O) groups is 3. The molecule has 0 radical (unpaired) electrons. The van der Waals surface area contributed by atoms with Crippen molar-refractivity contribution in [2.45, 2.75) is 24.7 Å². The molecule has 0 saturated carbocycles. The summed E-state index contributed by atoms with van der Waals surface area (Å²) >= 11 is 0. The zero-order valence-electron chi connectivity index (χ0n) is 17.9. The quantitative estimate of drug-likeness (QED) is 0.172. The van der Waals surface area contributed by atoms with Gasteiger partial charge in [-0.1, -0.05) is 0 Å². The molecule has 7 N–H and O–H groups in total. The minimum Gasteiger partial charge on any atom is -0.504 e. The number of esters is 3. The van der Waals surface area contributed by atoms with Gasteiger partial charge in [0.25, 0.3) is 0 Å². The summed E-state index contributed by atoms with van der Waals surface area (Å²) in [6.07, 6.45) is -4.04. The molecule has 1 aliphatic carbocycles. The Morgan fingerprint density at radius 2 is 1.17 bits per heavy atom. The number of aliphatic hydroxyl groups excluding tert-OH is 1. The molecule has 0 aliphatic heterocycles. The molecule has 0 saturated heterocycles. The molecule has 2 aromatic carbocycles. The minimum absolute atomic E-state index is 0.124. The normalized spacial score (nSPS) is 19.4. The number of ether oxygens (including phenoxy) is 3. The van der Waals surface area contributed by atoms with Crippen LogP contribution in [0.1, 0.15) is 27.1 Å². The van der Waals surface area contributed by atoms with Gasteiger partial charge in [0.1, 0.15) is 12.2 Å². The molecule has 0 bridgehead atoms. The number of benzene rings is 2. The topological polar surface area (TPSA) is 221 Å². The zero-order valence-corrected chi connectivity index (χ0v) is 17.9. The molecular formula is C22H20O13. The number of phenols is 6. The predicted molar refractivity (Wildman–Crippen MR) is 112 cm³/mol. The summed E-state index contributed by atoms with van der Waals surface area (Å²) in [4.78, 5) is 37.1. The molecule has 3 rings (SSSR count). The van der Waals surface area contributed by atoms with E-state index in [1.807, 2.05) is 0 Å². The number of carbonyl (C=O) groups excluding carboxylic acids is 3. The lowest BCUT2D eigenvalue weighted by Gasteiger charge is -2.32. The lowest BCUT2D eigenvalue weighted by atomic mass is 9.91. The summed E-state index contributed by atoms with van der Waals surface area (Å²) in [6.45, 7) is 0. The molecule has 186 valence electrons. The summed E-state index contributed by atoms with van der Waals surface area (Å²) in [6, 6.07) is 3.17. The van der Waals surface area contributed by atoms with Crippen molar-refractivity contribution in [3.05, 3.63) is 47.0 Å². The third-order valence-electron chi connectivity index (χ3n) is 5.06. The lowest BCUT2D eigenvalue weighted by molar-refractivity contribution is -0.137. The molecule has 1 aliphatic rings. The molecule has 0 heterocycles. The Morgan fingerprint density at radius 3 is 1.60 bits per heavy atom. The fourth-order valence-electron chi connectivity index (χ4n) is 3.25. The summed E-state index contributed by atoms with van der Waals surface area (Å²) < 4.78 is 15.0. The number of hydrogen-bond donors (Lipinski definition) is 7. The molecule has 13 heteroatoms. The van der Waals surface area contributed by atoms with Gasteiger partial charge in [-0.15, -0.1) is 0 Å². The minimum atomic E-state index is -1.71. The molecule has 0 amide bonds. The third kappa shape index (κ3) is 5.14. The van der Waals surface area contributed by atoms with Crippen molar-refractivity contribution < 1.29 is 64.3 Å². The Morgan fingerprint density at radius 1 is 0.743 bits per heavy atom. The van der Waals surface area contributed by atoms with Crippen molar-refractivity contribution >= 4 is 17.9 Å². The number of phenolic OH excluding ortho intramolecular Hbond substituents is 6. The Kier molecular flexibility index (Phi) is 6.91. The lowest BCUT2D eigenvalue weighted by Crippen LogP contribution is -2.45. The van der Waals surface area contributed by atoms with Gasteiger partial charge in [-0.3, -0.25) is 0 Å². The Hall–Kier alpha value is -4.65. The fourth-order valence-corrected chi connectivity index (χ4v) is 3.25. The molecule has 3 unspecified atom stereocenters. The Bertz CT molecular complexity index is 1170. The summed E-state index contributed by atoms with van der Waals surface area (Å²) in [5.41, 5.74) is -0.934. The van der Waals surface area contributed by atoms with E-state index in [0.29, 0.717) is 0 Å². The molecular weight excluding hydrogens is 472 g/mol. The van der Waals surface area contributed by atoms with Gasteiger partial charge in [0.15, 0.2) is 40.6 Å². The molecule has 2 aromatic rings. The van der Waals surface area contributed by atoms with E-state index in [2.05, 4.69) is 4.74 Å². The van der Waals surface area contributed by atoms with Crippen LogP contribution in [0.5, 0.6) is 34.5 Å². The van der Waals surface area contributed by atoms with Gasteiger partial charge in [0.05, 0.1) is 18.2 Å². The molecule has 0 spiro atoms. The maximum Gasteiger partial charge on any atom is 0.339 e. The highest BCUT2D eigenvalue weighted by Gasteiger charge is 2.39. The predicted octanol–water partition coefficient (Wildman–Crippen LogP) is 0.535. The van der Waals surface area contributed by atoms with Crippen LogP contribution in [0, 0.1) is 0 Å². The summed E-state index contributed by atoms with van der Waals surface area (Å²) in [5, 5.41) is 67.9. The monoisotopic (exact) mass is 492 g/mol. The molecule has 13 nitrogen and oxygen atoms in total. The van der Waals surface area contributed by atoms with E-state index in [4.69, 9.17) is 9.47 Å². The first-order chi connectivity index (χ1) is 16.4. The Labute approximate surface area is 196 Å². The fraction of sp³-hybridized carbons (Fsp3) is 0.227. The molecule has 3 atom stereocenters. The van der Waals surface area contributed by atoms with Gasteiger partial charge >= 0.3 is 17.9 Å². The number of aromatic hydroxyl groups is 6. The third-order valence-corrected chi connectivity index (χ3v) is 5.06. The van der Waals surface area contributed by atoms with Crippen LogP contribution in [-0.2, 0) is 19.0 Å². The van der Waals surface area contributed by atoms with Crippen LogP contribution in [-0.4, -0.2) is 79.1 Å². The highest BCUT2D eigenvalue weighted by Crippen LogP contribution is 2.37. The Balaban J connectivity index is 1.86. The molecule has 35 heavy (non-hydrogen) atoms. The SMILES string of the molecule is COC(=O)C1=CC(OC(=O)c2cc(O)c(O)c(O)c2)C(O)C(OC(=O)c2cc(O)c(O)c(O)c2)C1. The first kappa shape index (κ1) is 25.0. The van der Waals surface area contributed by atoms with Crippen molar-refractivity contribution in [1.82, 2.24) is 0 Å². The summed E-state index contributed by atoms with van der Waals surface area (Å²) in [7, 11) is 1.07. The van der Waals surface area contributed by atoms with Crippen molar-refractivity contribution in [2.24, 2.45) is 0 Å². The first-order valence-electron chi connectivity index (χ1n) is 9.81. The highest BCUT2D eigenvalue weighted by molar-refractivity contribution is 5.93. The van der Waals surface area contributed by atoms with Gasteiger partial charge in [0, 0.05) is 12.0 Å². The number of aliphatic hydroxyl groups is 1. The van der Waals surface area contributed by atoms with E-state index in [-0.39, 0.29) is 12.0 Å². The average molecular weight is 492 g/mol. The maximum atomic E-state index is 12.5. The molecule has 0 fully saturated rings. The van der Waals surface area contributed by atoms with Gasteiger partial charge < -0.3 is 50.0 Å². The van der Waals surface area contributed by atoms with E-state index in [1.165, 1.54) is 0 Å². The number of hydrogen-bond acceptors (Lipinski definition) is 13. The van der Waals surface area contributed by atoms with Gasteiger partial charge in [-0.05, 0) is 30.3 Å². The van der Waals surface area contributed by atoms with E-state index < -0.39 is 81.8 Å². The summed E-state index contributed by atoms with van der Waals surface area (Å²) in [5.74, 6) is -8.23. The van der Waals surface area contributed by atoms with Crippen LogP contribution in [0.4, 0.5) is 0 Å².